The van der Waals surface area contributed by atoms with Crippen LogP contribution < -0.4 is 0 Å². The van der Waals surface area contributed by atoms with Gasteiger partial charge < -0.3 is 0 Å². The van der Waals surface area contributed by atoms with Gasteiger partial charge in [0.25, 0.3) is 0 Å². The standard InChI is InChI=1S/C17H18BrCl/c1-10-6-5-7-11(2)16(10)17(18)14-8-12(3)13(4)9-15(14)19/h5-9,17H,1-4H3. The molecule has 0 saturated carbocycles. The molecule has 0 bridgehead atoms. The first-order valence-corrected chi connectivity index (χ1v) is 7.68. The third-order valence-corrected chi connectivity index (χ3v) is 4.96. The zero-order valence-corrected chi connectivity index (χ0v) is 14.1. The van der Waals surface area contributed by atoms with E-state index in [1.54, 1.807) is 0 Å². The van der Waals surface area contributed by atoms with E-state index in [0.717, 1.165) is 10.6 Å². The summed E-state index contributed by atoms with van der Waals surface area (Å²) in [5.41, 5.74) is 7.53. The van der Waals surface area contributed by atoms with Crippen LogP contribution in [0.2, 0.25) is 5.02 Å². The minimum atomic E-state index is 0.139. The van der Waals surface area contributed by atoms with Crippen LogP contribution >= 0.6 is 27.5 Å². The number of benzene rings is 2. The Morgan fingerprint density at radius 3 is 2.00 bits per heavy atom. The van der Waals surface area contributed by atoms with Crippen LogP contribution in [-0.2, 0) is 0 Å². The lowest BCUT2D eigenvalue weighted by atomic mass is 9.94. The molecule has 0 nitrogen and oxygen atoms in total. The van der Waals surface area contributed by atoms with Gasteiger partial charge in [0.15, 0.2) is 0 Å². The molecule has 0 aromatic heterocycles. The van der Waals surface area contributed by atoms with Gasteiger partial charge in [0.05, 0.1) is 4.83 Å². The van der Waals surface area contributed by atoms with Gasteiger partial charge in [0.2, 0.25) is 0 Å². The fourth-order valence-corrected chi connectivity index (χ4v) is 3.94. The Hall–Kier alpha value is -0.790. The highest BCUT2D eigenvalue weighted by atomic mass is 79.9. The van der Waals surface area contributed by atoms with E-state index < -0.39 is 0 Å². The molecular weight excluding hydrogens is 320 g/mol. The number of aryl methyl sites for hydroxylation is 4. The van der Waals surface area contributed by atoms with Gasteiger partial charge in [-0.3, -0.25) is 0 Å². The maximum absolute atomic E-state index is 6.42. The third-order valence-electron chi connectivity index (χ3n) is 3.68. The van der Waals surface area contributed by atoms with Crippen molar-refractivity contribution in [3.8, 4) is 0 Å². The van der Waals surface area contributed by atoms with E-state index in [1.165, 1.54) is 27.8 Å². The van der Waals surface area contributed by atoms with Crippen LogP contribution in [0.25, 0.3) is 0 Å². The zero-order chi connectivity index (χ0) is 14.2. The van der Waals surface area contributed by atoms with Crippen LogP contribution in [-0.4, -0.2) is 0 Å². The first kappa shape index (κ1) is 14.6. The molecular formula is C17H18BrCl. The highest BCUT2D eigenvalue weighted by molar-refractivity contribution is 9.09. The Morgan fingerprint density at radius 1 is 0.895 bits per heavy atom. The van der Waals surface area contributed by atoms with Gasteiger partial charge in [0, 0.05) is 5.02 Å². The van der Waals surface area contributed by atoms with Crippen molar-refractivity contribution in [3.05, 3.63) is 68.7 Å². The lowest BCUT2D eigenvalue weighted by Crippen LogP contribution is -2.01. The molecule has 1 atom stereocenters. The topological polar surface area (TPSA) is 0 Å². The molecule has 19 heavy (non-hydrogen) atoms. The van der Waals surface area contributed by atoms with Crippen molar-refractivity contribution < 1.29 is 0 Å². The van der Waals surface area contributed by atoms with Gasteiger partial charge in [-0.25, -0.2) is 0 Å². The smallest absolute Gasteiger partial charge is 0.0664 e. The molecule has 0 spiro atoms. The molecule has 0 heterocycles. The second kappa shape index (κ2) is 5.68. The minimum Gasteiger partial charge on any atom is -0.0840 e. The molecule has 0 aliphatic rings. The fourth-order valence-electron chi connectivity index (χ4n) is 2.38. The molecule has 0 amide bonds. The maximum Gasteiger partial charge on any atom is 0.0664 e. The van der Waals surface area contributed by atoms with Gasteiger partial charge in [-0.15, -0.1) is 0 Å². The van der Waals surface area contributed by atoms with Gasteiger partial charge in [0.1, 0.15) is 0 Å². The molecule has 100 valence electrons. The number of rotatable bonds is 2. The normalized spacial score (nSPS) is 12.5. The molecule has 2 heteroatoms. The van der Waals surface area contributed by atoms with Crippen molar-refractivity contribution in [3.63, 3.8) is 0 Å². The van der Waals surface area contributed by atoms with E-state index in [-0.39, 0.29) is 4.83 Å². The lowest BCUT2D eigenvalue weighted by molar-refractivity contribution is 1.10. The Morgan fingerprint density at radius 2 is 1.42 bits per heavy atom. The van der Waals surface area contributed by atoms with E-state index in [2.05, 4.69) is 67.9 Å². The van der Waals surface area contributed by atoms with E-state index >= 15 is 0 Å². The summed E-state index contributed by atoms with van der Waals surface area (Å²) in [6.07, 6.45) is 0. The molecule has 0 saturated heterocycles. The van der Waals surface area contributed by atoms with Crippen LogP contribution in [0.5, 0.6) is 0 Å². The van der Waals surface area contributed by atoms with Gasteiger partial charge in [-0.1, -0.05) is 51.8 Å². The fraction of sp³-hybridized carbons (Fsp3) is 0.294. The molecule has 2 aromatic rings. The summed E-state index contributed by atoms with van der Waals surface area (Å²) < 4.78 is 0. The first-order chi connectivity index (χ1) is 8.91. The highest BCUT2D eigenvalue weighted by Gasteiger charge is 2.18. The first-order valence-electron chi connectivity index (χ1n) is 6.38. The maximum atomic E-state index is 6.42. The van der Waals surface area contributed by atoms with Crippen molar-refractivity contribution in [2.75, 3.05) is 0 Å². The zero-order valence-electron chi connectivity index (χ0n) is 11.7. The molecule has 2 rings (SSSR count). The van der Waals surface area contributed by atoms with E-state index in [1.807, 2.05) is 6.07 Å². The molecule has 0 radical (unpaired) electrons. The van der Waals surface area contributed by atoms with Crippen molar-refractivity contribution in [1.82, 2.24) is 0 Å². The number of hydrogen-bond donors (Lipinski definition) is 0. The SMILES string of the molecule is Cc1cc(Cl)c(C(Br)c2c(C)cccc2C)cc1C. The summed E-state index contributed by atoms with van der Waals surface area (Å²) in [5, 5.41) is 0.827. The minimum absolute atomic E-state index is 0.139. The highest BCUT2D eigenvalue weighted by Crippen LogP contribution is 2.39. The quantitative estimate of drug-likeness (QED) is 0.584. The number of alkyl halides is 1. The van der Waals surface area contributed by atoms with Crippen LogP contribution in [0.3, 0.4) is 0 Å². The second-order valence-corrected chi connectivity index (χ2v) is 6.45. The Bertz CT molecular complexity index is 597. The molecule has 0 N–H and O–H groups in total. The second-order valence-electron chi connectivity index (χ2n) is 5.13. The largest absolute Gasteiger partial charge is 0.0840 e. The average Bonchev–Trinajstić information content (AvgIpc) is 2.33. The Labute approximate surface area is 128 Å². The van der Waals surface area contributed by atoms with E-state index in [0.29, 0.717) is 0 Å². The summed E-state index contributed by atoms with van der Waals surface area (Å²) in [6.45, 7) is 8.50. The van der Waals surface area contributed by atoms with Crippen molar-refractivity contribution >= 4 is 27.5 Å². The lowest BCUT2D eigenvalue weighted by Gasteiger charge is -2.19. The van der Waals surface area contributed by atoms with Gasteiger partial charge in [-0.05, 0) is 67.1 Å². The van der Waals surface area contributed by atoms with E-state index in [4.69, 9.17) is 11.6 Å². The summed E-state index contributed by atoms with van der Waals surface area (Å²) in [4.78, 5) is 0.139. The molecule has 0 aliphatic heterocycles. The van der Waals surface area contributed by atoms with Gasteiger partial charge >= 0.3 is 0 Å². The Balaban J connectivity index is 2.56. The predicted octanol–water partition coefficient (Wildman–Crippen LogP) is 6.06. The van der Waals surface area contributed by atoms with Crippen LogP contribution in [0, 0.1) is 27.7 Å². The van der Waals surface area contributed by atoms with Crippen molar-refractivity contribution in [2.24, 2.45) is 0 Å². The third kappa shape index (κ3) is 2.88. The van der Waals surface area contributed by atoms with E-state index in [9.17, 15) is 0 Å². The monoisotopic (exact) mass is 336 g/mol. The molecule has 1 unspecified atom stereocenters. The summed E-state index contributed by atoms with van der Waals surface area (Å²) in [6, 6.07) is 10.6. The van der Waals surface area contributed by atoms with Crippen LogP contribution in [0.15, 0.2) is 30.3 Å². The average molecular weight is 338 g/mol. The molecule has 2 aromatic carbocycles. The summed E-state index contributed by atoms with van der Waals surface area (Å²) in [7, 11) is 0. The van der Waals surface area contributed by atoms with Crippen LogP contribution in [0.4, 0.5) is 0 Å². The number of halogens is 2. The number of hydrogen-bond acceptors (Lipinski definition) is 0. The van der Waals surface area contributed by atoms with Crippen molar-refractivity contribution in [2.45, 2.75) is 32.5 Å². The predicted molar refractivity (Wildman–Crippen MR) is 87.6 cm³/mol. The molecule has 0 aliphatic carbocycles. The summed E-state index contributed by atoms with van der Waals surface area (Å²) >= 11 is 10.2. The van der Waals surface area contributed by atoms with Crippen molar-refractivity contribution in [1.29, 1.82) is 0 Å². The summed E-state index contributed by atoms with van der Waals surface area (Å²) in [5.74, 6) is 0. The molecule has 0 fully saturated rings. The van der Waals surface area contributed by atoms with Crippen LogP contribution in [0.1, 0.15) is 38.2 Å². The Kier molecular flexibility index (Phi) is 4.37. The van der Waals surface area contributed by atoms with Gasteiger partial charge in [-0.2, -0.15) is 0 Å².